The average molecular weight is 267 g/mol. The molecule has 2 amide bonds. The van der Waals surface area contributed by atoms with Crippen LogP contribution < -0.4 is 10.6 Å². The van der Waals surface area contributed by atoms with Gasteiger partial charge in [0.15, 0.2) is 0 Å². The number of aromatic nitrogens is 1. The maximum Gasteiger partial charge on any atom is 0.223 e. The summed E-state index contributed by atoms with van der Waals surface area (Å²) in [6.07, 6.45) is 2.55. The molecule has 1 unspecified atom stereocenters. The highest BCUT2D eigenvalue weighted by Crippen LogP contribution is 2.27. The van der Waals surface area contributed by atoms with E-state index >= 15 is 0 Å². The molecular formula is C12H17N3O2S. The zero-order valence-electron chi connectivity index (χ0n) is 10.4. The summed E-state index contributed by atoms with van der Waals surface area (Å²) in [7, 11) is 0. The predicted molar refractivity (Wildman–Crippen MR) is 69.3 cm³/mol. The van der Waals surface area contributed by atoms with E-state index < -0.39 is 0 Å². The van der Waals surface area contributed by atoms with Gasteiger partial charge in [0.25, 0.3) is 0 Å². The lowest BCUT2D eigenvalue weighted by Crippen LogP contribution is -2.38. The van der Waals surface area contributed by atoms with Crippen LogP contribution in [0.4, 0.5) is 0 Å². The van der Waals surface area contributed by atoms with Gasteiger partial charge in [-0.2, -0.15) is 0 Å². The van der Waals surface area contributed by atoms with Crippen LogP contribution in [0.3, 0.4) is 0 Å². The van der Waals surface area contributed by atoms with Gasteiger partial charge in [-0.15, -0.1) is 11.3 Å². The molecule has 6 heteroatoms. The predicted octanol–water partition coefficient (Wildman–Crippen LogP) is 0.500. The summed E-state index contributed by atoms with van der Waals surface area (Å²) in [5.41, 5.74) is 3.00. The summed E-state index contributed by atoms with van der Waals surface area (Å²) in [5.74, 6) is 0.0610. The number of carbonyl (C=O) groups is 2. The van der Waals surface area contributed by atoms with Gasteiger partial charge in [0.1, 0.15) is 0 Å². The van der Waals surface area contributed by atoms with Crippen molar-refractivity contribution in [1.82, 2.24) is 15.6 Å². The number of thiazole rings is 1. The van der Waals surface area contributed by atoms with Crippen LogP contribution in [0.1, 0.15) is 23.9 Å². The molecule has 0 saturated heterocycles. The highest BCUT2D eigenvalue weighted by atomic mass is 32.1. The lowest BCUT2D eigenvalue weighted by atomic mass is 9.90. The van der Waals surface area contributed by atoms with Crippen molar-refractivity contribution >= 4 is 23.2 Å². The minimum absolute atomic E-state index is 0.0512. The van der Waals surface area contributed by atoms with Crippen molar-refractivity contribution in [2.75, 3.05) is 13.1 Å². The van der Waals surface area contributed by atoms with Crippen LogP contribution in [0.5, 0.6) is 0 Å². The number of nitrogens with one attached hydrogen (secondary N) is 2. The van der Waals surface area contributed by atoms with Crippen molar-refractivity contribution in [3.05, 3.63) is 16.1 Å². The van der Waals surface area contributed by atoms with Crippen LogP contribution >= 0.6 is 11.3 Å². The number of nitrogens with zero attached hydrogens (tertiary/aromatic N) is 1. The second kappa shape index (κ2) is 5.95. The summed E-state index contributed by atoms with van der Waals surface area (Å²) < 4.78 is 0. The van der Waals surface area contributed by atoms with Crippen LogP contribution in [0, 0.1) is 5.92 Å². The molecule has 0 fully saturated rings. The topological polar surface area (TPSA) is 71.1 Å². The average Bonchev–Trinajstić information content (AvgIpc) is 2.81. The summed E-state index contributed by atoms with van der Waals surface area (Å²) in [4.78, 5) is 28.1. The van der Waals surface area contributed by atoms with Crippen molar-refractivity contribution in [3.8, 4) is 0 Å². The minimum atomic E-state index is -0.0729. The Morgan fingerprint density at radius 2 is 2.22 bits per heavy atom. The molecule has 1 aromatic rings. The lowest BCUT2D eigenvalue weighted by molar-refractivity contribution is -0.125. The molecule has 0 saturated carbocycles. The van der Waals surface area contributed by atoms with Crippen LogP contribution in [-0.4, -0.2) is 29.9 Å². The van der Waals surface area contributed by atoms with Crippen molar-refractivity contribution < 1.29 is 9.59 Å². The van der Waals surface area contributed by atoms with E-state index in [2.05, 4.69) is 15.6 Å². The van der Waals surface area contributed by atoms with Gasteiger partial charge in [-0.25, -0.2) is 4.98 Å². The Hall–Kier alpha value is -1.43. The van der Waals surface area contributed by atoms with E-state index in [0.717, 1.165) is 25.0 Å². The standard InChI is InChI=1S/C12H17N3O2S/c1-8(16)13-4-5-14-12(17)9-2-3-10-11(6-9)18-7-15-10/h7,9H,2-6H2,1H3,(H,13,16)(H,14,17). The Balaban J connectivity index is 1.75. The second-order valence-electron chi connectivity index (χ2n) is 4.44. The fraction of sp³-hybridized carbons (Fsp3) is 0.583. The molecule has 0 bridgehead atoms. The number of carbonyl (C=O) groups excluding carboxylic acids is 2. The minimum Gasteiger partial charge on any atom is -0.355 e. The zero-order valence-corrected chi connectivity index (χ0v) is 11.2. The van der Waals surface area contributed by atoms with Crippen molar-refractivity contribution in [2.24, 2.45) is 5.92 Å². The lowest BCUT2D eigenvalue weighted by Gasteiger charge is -2.20. The van der Waals surface area contributed by atoms with Gasteiger partial charge in [-0.3, -0.25) is 9.59 Å². The summed E-state index contributed by atoms with van der Waals surface area (Å²) in [5, 5.41) is 5.52. The molecule has 0 spiro atoms. The van der Waals surface area contributed by atoms with E-state index in [4.69, 9.17) is 0 Å². The van der Waals surface area contributed by atoms with Crippen molar-refractivity contribution in [2.45, 2.75) is 26.2 Å². The third-order valence-electron chi connectivity index (χ3n) is 3.06. The first-order chi connectivity index (χ1) is 8.66. The van der Waals surface area contributed by atoms with Gasteiger partial charge in [0.05, 0.1) is 11.2 Å². The van der Waals surface area contributed by atoms with E-state index in [9.17, 15) is 9.59 Å². The van der Waals surface area contributed by atoms with Gasteiger partial charge in [-0.05, 0) is 19.3 Å². The first-order valence-corrected chi connectivity index (χ1v) is 6.98. The number of rotatable bonds is 4. The van der Waals surface area contributed by atoms with E-state index in [0.29, 0.717) is 13.1 Å². The number of hydrogen-bond donors (Lipinski definition) is 2. The Bertz CT molecular complexity index is 444. The number of amides is 2. The fourth-order valence-electron chi connectivity index (χ4n) is 2.09. The Morgan fingerprint density at radius 1 is 1.44 bits per heavy atom. The fourth-order valence-corrected chi connectivity index (χ4v) is 2.99. The van der Waals surface area contributed by atoms with Crippen LogP contribution in [0.2, 0.25) is 0 Å². The largest absolute Gasteiger partial charge is 0.355 e. The molecule has 2 N–H and O–H groups in total. The first-order valence-electron chi connectivity index (χ1n) is 6.10. The van der Waals surface area contributed by atoms with E-state index in [-0.39, 0.29) is 17.7 Å². The summed E-state index contributed by atoms with van der Waals surface area (Å²) in [6.45, 7) is 2.44. The summed E-state index contributed by atoms with van der Waals surface area (Å²) >= 11 is 1.63. The van der Waals surface area contributed by atoms with Gasteiger partial charge in [0, 0.05) is 30.8 Å². The molecule has 1 aliphatic carbocycles. The molecule has 1 aliphatic rings. The molecule has 2 rings (SSSR count). The van der Waals surface area contributed by atoms with Crippen LogP contribution in [-0.2, 0) is 22.4 Å². The third-order valence-corrected chi connectivity index (χ3v) is 3.95. The quantitative estimate of drug-likeness (QED) is 0.780. The monoisotopic (exact) mass is 267 g/mol. The Morgan fingerprint density at radius 3 is 3.00 bits per heavy atom. The Kier molecular flexibility index (Phi) is 4.30. The molecule has 0 aliphatic heterocycles. The molecule has 1 aromatic heterocycles. The second-order valence-corrected chi connectivity index (χ2v) is 5.38. The molecule has 1 atom stereocenters. The molecule has 0 aromatic carbocycles. The molecule has 98 valence electrons. The molecular weight excluding hydrogens is 250 g/mol. The van der Waals surface area contributed by atoms with Gasteiger partial charge >= 0.3 is 0 Å². The normalized spacial score (nSPS) is 17.9. The highest BCUT2D eigenvalue weighted by Gasteiger charge is 2.25. The molecule has 5 nitrogen and oxygen atoms in total. The maximum absolute atomic E-state index is 11.9. The number of aryl methyl sites for hydroxylation is 1. The van der Waals surface area contributed by atoms with Crippen LogP contribution in [0.15, 0.2) is 5.51 Å². The van der Waals surface area contributed by atoms with Crippen molar-refractivity contribution in [1.29, 1.82) is 0 Å². The van der Waals surface area contributed by atoms with E-state index in [1.807, 2.05) is 5.51 Å². The van der Waals surface area contributed by atoms with Crippen molar-refractivity contribution in [3.63, 3.8) is 0 Å². The van der Waals surface area contributed by atoms with Crippen LogP contribution in [0.25, 0.3) is 0 Å². The van der Waals surface area contributed by atoms with Gasteiger partial charge < -0.3 is 10.6 Å². The van der Waals surface area contributed by atoms with E-state index in [1.165, 1.54) is 11.8 Å². The zero-order chi connectivity index (χ0) is 13.0. The molecule has 18 heavy (non-hydrogen) atoms. The third kappa shape index (κ3) is 3.29. The summed E-state index contributed by atoms with van der Waals surface area (Å²) in [6, 6.07) is 0. The van der Waals surface area contributed by atoms with E-state index in [1.54, 1.807) is 11.3 Å². The molecule has 1 heterocycles. The molecule has 0 radical (unpaired) electrons. The highest BCUT2D eigenvalue weighted by molar-refractivity contribution is 7.09. The Labute approximate surface area is 110 Å². The smallest absolute Gasteiger partial charge is 0.223 e. The van der Waals surface area contributed by atoms with Gasteiger partial charge in [0.2, 0.25) is 11.8 Å². The number of hydrogen-bond acceptors (Lipinski definition) is 4. The SMILES string of the molecule is CC(=O)NCCNC(=O)C1CCc2ncsc2C1. The first kappa shape index (κ1) is 13.0. The van der Waals surface area contributed by atoms with Gasteiger partial charge in [-0.1, -0.05) is 0 Å². The number of fused-ring (bicyclic) bond motifs is 1. The maximum atomic E-state index is 11.9.